The minimum Gasteiger partial charge on any atom is -0.324 e. The fourth-order valence-electron chi connectivity index (χ4n) is 4.96. The van der Waals surface area contributed by atoms with Crippen molar-refractivity contribution >= 4 is 0 Å². The van der Waals surface area contributed by atoms with E-state index in [-0.39, 0.29) is 0 Å². The quantitative estimate of drug-likeness (QED) is 0.238. The summed E-state index contributed by atoms with van der Waals surface area (Å²) in [6, 6.07) is 18.2. The van der Waals surface area contributed by atoms with Crippen LogP contribution in [0.25, 0.3) is 11.1 Å². The minimum absolute atomic E-state index is 0.502. The lowest BCUT2D eigenvalue weighted by Crippen LogP contribution is -2.50. The predicted octanol–water partition coefficient (Wildman–Crippen LogP) is 8.62. The van der Waals surface area contributed by atoms with Crippen LogP contribution in [0, 0.1) is 6.07 Å². The van der Waals surface area contributed by atoms with Crippen LogP contribution in [0.5, 0.6) is 0 Å². The van der Waals surface area contributed by atoms with Crippen LogP contribution in [-0.4, -0.2) is 30.7 Å². The van der Waals surface area contributed by atoms with Crippen molar-refractivity contribution in [3.63, 3.8) is 0 Å². The SMILES string of the molecule is CC1c2[c-]cccc2-c2ccccc21.CCCC[N+](CCCC)(CCCC)CCCC. The molecule has 0 spiro atoms. The van der Waals surface area contributed by atoms with Crippen molar-refractivity contribution in [3.8, 4) is 11.1 Å². The zero-order valence-electron chi connectivity index (χ0n) is 21.1. The average molecular weight is 422 g/mol. The van der Waals surface area contributed by atoms with E-state index >= 15 is 0 Å². The molecule has 1 aliphatic rings. The summed E-state index contributed by atoms with van der Waals surface area (Å²) in [5, 5.41) is 0. The molecule has 0 saturated heterocycles. The first-order chi connectivity index (χ1) is 15.1. The topological polar surface area (TPSA) is 0 Å². The number of nitrogens with zero attached hydrogens (tertiary/aromatic N) is 1. The van der Waals surface area contributed by atoms with E-state index in [0.717, 1.165) is 0 Å². The molecule has 172 valence electrons. The molecule has 0 fully saturated rings. The van der Waals surface area contributed by atoms with E-state index in [1.807, 2.05) is 6.07 Å². The summed E-state index contributed by atoms with van der Waals surface area (Å²) in [5.41, 5.74) is 5.51. The maximum Gasteiger partial charge on any atom is 0.0786 e. The standard InChI is InChI=1S/C16H36N.C14H11/c1-5-9-13-17(14-10-6-2,15-11-7-3)16-12-8-4;1-10-11-6-2-4-8-13(11)14-9-5-3-7-12(10)14/h5-16H2,1-4H3;2-6,8-10H,1H3/q+1;-1. The van der Waals surface area contributed by atoms with Gasteiger partial charge in [0.25, 0.3) is 0 Å². The van der Waals surface area contributed by atoms with Crippen LogP contribution in [0.4, 0.5) is 0 Å². The van der Waals surface area contributed by atoms with Crippen LogP contribution in [0.15, 0.2) is 42.5 Å². The molecular formula is C30H47N. The first-order valence-corrected chi connectivity index (χ1v) is 13.1. The van der Waals surface area contributed by atoms with E-state index in [4.69, 9.17) is 0 Å². The fraction of sp³-hybridized carbons (Fsp3) is 0.600. The second-order valence-corrected chi connectivity index (χ2v) is 9.46. The van der Waals surface area contributed by atoms with Gasteiger partial charge < -0.3 is 4.48 Å². The highest BCUT2D eigenvalue weighted by Gasteiger charge is 2.24. The van der Waals surface area contributed by atoms with Gasteiger partial charge in [-0.05, 0) is 37.2 Å². The highest BCUT2D eigenvalue weighted by molar-refractivity contribution is 5.78. The largest absolute Gasteiger partial charge is 0.324 e. The molecule has 0 saturated carbocycles. The van der Waals surface area contributed by atoms with Gasteiger partial charge in [-0.3, -0.25) is 0 Å². The predicted molar refractivity (Wildman–Crippen MR) is 138 cm³/mol. The van der Waals surface area contributed by atoms with Crippen molar-refractivity contribution in [2.75, 3.05) is 26.2 Å². The van der Waals surface area contributed by atoms with Crippen LogP contribution in [0.2, 0.25) is 0 Å². The molecule has 0 amide bonds. The molecule has 0 radical (unpaired) electrons. The lowest BCUT2D eigenvalue weighted by atomic mass is 10.00. The summed E-state index contributed by atoms with van der Waals surface area (Å²) >= 11 is 0. The highest BCUT2D eigenvalue weighted by atomic mass is 15.3. The minimum atomic E-state index is 0.502. The number of fused-ring (bicyclic) bond motifs is 3. The molecule has 2 aromatic carbocycles. The molecule has 0 aliphatic heterocycles. The number of rotatable bonds is 12. The second-order valence-electron chi connectivity index (χ2n) is 9.46. The number of unbranched alkanes of at least 4 members (excludes halogenated alkanes) is 4. The van der Waals surface area contributed by atoms with Gasteiger partial charge in [-0.25, -0.2) is 0 Å². The molecule has 0 heterocycles. The highest BCUT2D eigenvalue weighted by Crippen LogP contribution is 2.43. The van der Waals surface area contributed by atoms with Crippen molar-refractivity contribution in [2.45, 2.75) is 91.9 Å². The summed E-state index contributed by atoms with van der Waals surface area (Å²) in [4.78, 5) is 0. The van der Waals surface area contributed by atoms with Crippen molar-refractivity contribution in [2.24, 2.45) is 0 Å². The Morgan fingerprint density at radius 1 is 0.677 bits per heavy atom. The lowest BCUT2D eigenvalue weighted by Gasteiger charge is -2.39. The van der Waals surface area contributed by atoms with Crippen LogP contribution in [0.1, 0.15) is 103 Å². The summed E-state index contributed by atoms with van der Waals surface area (Å²) in [5.74, 6) is 0.502. The lowest BCUT2D eigenvalue weighted by molar-refractivity contribution is -0.929. The Labute approximate surface area is 193 Å². The average Bonchev–Trinajstić information content (AvgIpc) is 3.11. The zero-order valence-corrected chi connectivity index (χ0v) is 21.1. The molecular weight excluding hydrogens is 374 g/mol. The maximum atomic E-state index is 3.35. The smallest absolute Gasteiger partial charge is 0.0786 e. The van der Waals surface area contributed by atoms with Gasteiger partial charge in [0.15, 0.2) is 0 Å². The van der Waals surface area contributed by atoms with Crippen LogP contribution >= 0.6 is 0 Å². The number of benzene rings is 2. The summed E-state index contributed by atoms with van der Waals surface area (Å²) < 4.78 is 1.42. The Bertz CT molecular complexity index is 665. The van der Waals surface area contributed by atoms with E-state index in [1.165, 1.54) is 104 Å². The van der Waals surface area contributed by atoms with Gasteiger partial charge in [0, 0.05) is 0 Å². The molecule has 0 aromatic heterocycles. The van der Waals surface area contributed by atoms with E-state index in [1.54, 1.807) is 0 Å². The maximum absolute atomic E-state index is 3.35. The third-order valence-electron chi connectivity index (χ3n) is 6.98. The number of hydrogen-bond acceptors (Lipinski definition) is 0. The van der Waals surface area contributed by atoms with Crippen molar-refractivity contribution in [1.29, 1.82) is 0 Å². The first kappa shape index (κ1) is 25.7. The Kier molecular flexibility index (Phi) is 11.4. The van der Waals surface area contributed by atoms with Gasteiger partial charge in [0.05, 0.1) is 26.2 Å². The molecule has 0 bridgehead atoms. The first-order valence-electron chi connectivity index (χ1n) is 13.1. The Morgan fingerprint density at radius 3 is 1.68 bits per heavy atom. The summed E-state index contributed by atoms with van der Waals surface area (Å²) in [6.07, 6.45) is 11.1. The molecule has 1 atom stereocenters. The van der Waals surface area contributed by atoms with Gasteiger partial charge in [-0.15, -0.1) is 11.1 Å². The normalized spacial score (nSPS) is 14.5. The fourth-order valence-corrected chi connectivity index (χ4v) is 4.96. The molecule has 1 heteroatoms. The monoisotopic (exact) mass is 421 g/mol. The van der Waals surface area contributed by atoms with Crippen LogP contribution in [-0.2, 0) is 0 Å². The number of quaternary nitrogens is 1. The van der Waals surface area contributed by atoms with E-state index < -0.39 is 0 Å². The van der Waals surface area contributed by atoms with Crippen molar-refractivity contribution in [3.05, 3.63) is 59.7 Å². The molecule has 1 unspecified atom stereocenters. The summed E-state index contributed by atoms with van der Waals surface area (Å²) in [6.45, 7) is 17.3. The van der Waals surface area contributed by atoms with E-state index in [9.17, 15) is 0 Å². The Hall–Kier alpha value is -1.60. The second kappa shape index (κ2) is 13.7. The van der Waals surface area contributed by atoms with Crippen molar-refractivity contribution in [1.82, 2.24) is 0 Å². The van der Waals surface area contributed by atoms with Gasteiger partial charge in [0.1, 0.15) is 0 Å². The Morgan fingerprint density at radius 2 is 1.16 bits per heavy atom. The summed E-state index contributed by atoms with van der Waals surface area (Å²) in [7, 11) is 0. The van der Waals surface area contributed by atoms with Gasteiger partial charge >= 0.3 is 0 Å². The third kappa shape index (κ3) is 7.21. The molecule has 3 rings (SSSR count). The van der Waals surface area contributed by atoms with Gasteiger partial charge in [-0.2, -0.15) is 24.3 Å². The Balaban J connectivity index is 0.000000222. The molecule has 1 aliphatic carbocycles. The van der Waals surface area contributed by atoms with Gasteiger partial charge in [-0.1, -0.05) is 90.1 Å². The number of hydrogen-bond donors (Lipinski definition) is 0. The molecule has 2 aromatic rings. The molecule has 31 heavy (non-hydrogen) atoms. The van der Waals surface area contributed by atoms with E-state index in [2.05, 4.69) is 77.1 Å². The van der Waals surface area contributed by atoms with Crippen LogP contribution in [0.3, 0.4) is 0 Å². The van der Waals surface area contributed by atoms with Crippen LogP contribution < -0.4 is 0 Å². The van der Waals surface area contributed by atoms with E-state index in [0.29, 0.717) is 5.92 Å². The molecule has 1 nitrogen and oxygen atoms in total. The van der Waals surface area contributed by atoms with Gasteiger partial charge in [0.2, 0.25) is 0 Å². The third-order valence-corrected chi connectivity index (χ3v) is 6.98. The molecule has 0 N–H and O–H groups in total. The zero-order chi connectivity index (χ0) is 22.5. The van der Waals surface area contributed by atoms with Crippen molar-refractivity contribution < 1.29 is 4.48 Å².